The summed E-state index contributed by atoms with van der Waals surface area (Å²) in [5.41, 5.74) is 6.83. The summed E-state index contributed by atoms with van der Waals surface area (Å²) >= 11 is 0. The van der Waals surface area contributed by atoms with Gasteiger partial charge < -0.3 is 15.4 Å². The summed E-state index contributed by atoms with van der Waals surface area (Å²) in [5.74, 6) is 0.315. The van der Waals surface area contributed by atoms with Gasteiger partial charge in [-0.25, -0.2) is 0 Å². The van der Waals surface area contributed by atoms with E-state index in [9.17, 15) is 4.79 Å². The molecule has 0 unspecified atom stereocenters. The summed E-state index contributed by atoms with van der Waals surface area (Å²) in [6.07, 6.45) is 4.28. The van der Waals surface area contributed by atoms with Crippen molar-refractivity contribution in [1.82, 2.24) is 14.7 Å². The Morgan fingerprint density at radius 2 is 2.39 bits per heavy atom. The highest BCUT2D eigenvalue weighted by Gasteiger charge is 2.40. The number of hydrogen-bond acceptors (Lipinski definition) is 4. The smallest absolute Gasteiger partial charge is 0.223 e. The van der Waals surface area contributed by atoms with E-state index in [0.29, 0.717) is 26.1 Å². The van der Waals surface area contributed by atoms with E-state index in [0.717, 1.165) is 5.56 Å². The van der Waals surface area contributed by atoms with E-state index in [2.05, 4.69) is 5.10 Å². The zero-order valence-electron chi connectivity index (χ0n) is 10.9. The van der Waals surface area contributed by atoms with Gasteiger partial charge in [-0.15, -0.1) is 0 Å². The highest BCUT2D eigenvalue weighted by atomic mass is 16.5. The van der Waals surface area contributed by atoms with Crippen LogP contribution in [0, 0.1) is 5.92 Å². The number of ether oxygens (including phenoxy) is 1. The van der Waals surface area contributed by atoms with Gasteiger partial charge in [0.25, 0.3) is 0 Å². The van der Waals surface area contributed by atoms with Crippen molar-refractivity contribution in [3.05, 3.63) is 18.0 Å². The first-order valence-corrected chi connectivity index (χ1v) is 6.14. The molecule has 2 atom stereocenters. The molecular weight excluding hydrogens is 232 g/mol. The van der Waals surface area contributed by atoms with Crippen molar-refractivity contribution in [2.45, 2.75) is 12.5 Å². The summed E-state index contributed by atoms with van der Waals surface area (Å²) < 4.78 is 6.81. The average Bonchev–Trinajstić information content (AvgIpc) is 2.90. The lowest BCUT2D eigenvalue weighted by Gasteiger charge is -2.26. The summed E-state index contributed by atoms with van der Waals surface area (Å²) in [7, 11) is 3.51. The van der Waals surface area contributed by atoms with E-state index < -0.39 is 0 Å². The second-order valence-corrected chi connectivity index (χ2v) is 4.67. The molecule has 0 bridgehead atoms. The number of aryl methyl sites for hydroxylation is 1. The molecule has 2 N–H and O–H groups in total. The van der Waals surface area contributed by atoms with Crippen molar-refractivity contribution in [1.29, 1.82) is 0 Å². The molecule has 0 spiro atoms. The molecule has 1 aromatic heterocycles. The third-order valence-corrected chi connectivity index (χ3v) is 3.44. The Morgan fingerprint density at radius 3 is 2.94 bits per heavy atom. The van der Waals surface area contributed by atoms with Crippen molar-refractivity contribution < 1.29 is 9.53 Å². The molecule has 1 aromatic rings. The topological polar surface area (TPSA) is 73.4 Å². The van der Waals surface area contributed by atoms with Crippen LogP contribution in [0.3, 0.4) is 0 Å². The van der Waals surface area contributed by atoms with Gasteiger partial charge >= 0.3 is 0 Å². The number of carbonyl (C=O) groups is 1. The molecule has 1 aliphatic rings. The third-order valence-electron chi connectivity index (χ3n) is 3.44. The van der Waals surface area contributed by atoms with Crippen LogP contribution in [0.4, 0.5) is 0 Å². The van der Waals surface area contributed by atoms with E-state index in [-0.39, 0.29) is 17.9 Å². The minimum atomic E-state index is 0.0337. The first-order chi connectivity index (χ1) is 8.67. The summed E-state index contributed by atoms with van der Waals surface area (Å²) in [6, 6.07) is 0.0337. The van der Waals surface area contributed by atoms with Crippen LogP contribution in [-0.4, -0.2) is 47.4 Å². The highest BCUT2D eigenvalue weighted by Crippen LogP contribution is 2.36. The SMILES string of the molecule is COCCN1C(=O)C[C@H](CN)[C@H]1c1cnn(C)c1. The molecular formula is C12H20N4O2. The summed E-state index contributed by atoms with van der Waals surface area (Å²) in [5, 5.41) is 4.18. The lowest BCUT2D eigenvalue weighted by molar-refractivity contribution is -0.129. The number of carbonyl (C=O) groups excluding carboxylic acids is 1. The number of rotatable bonds is 5. The molecule has 18 heavy (non-hydrogen) atoms. The summed E-state index contributed by atoms with van der Waals surface area (Å²) in [6.45, 7) is 1.65. The van der Waals surface area contributed by atoms with Crippen LogP contribution >= 0.6 is 0 Å². The fraction of sp³-hybridized carbons (Fsp3) is 0.667. The van der Waals surface area contributed by atoms with Gasteiger partial charge in [0, 0.05) is 44.8 Å². The Morgan fingerprint density at radius 1 is 1.61 bits per heavy atom. The number of hydrogen-bond donors (Lipinski definition) is 1. The largest absolute Gasteiger partial charge is 0.383 e. The van der Waals surface area contributed by atoms with Crippen LogP contribution in [0.1, 0.15) is 18.0 Å². The first-order valence-electron chi connectivity index (χ1n) is 6.14. The first kappa shape index (κ1) is 13.0. The van der Waals surface area contributed by atoms with Crippen molar-refractivity contribution in [3.8, 4) is 0 Å². The maximum Gasteiger partial charge on any atom is 0.223 e. The zero-order chi connectivity index (χ0) is 13.1. The maximum absolute atomic E-state index is 12.0. The molecule has 100 valence electrons. The number of amides is 1. The molecule has 2 heterocycles. The molecule has 6 heteroatoms. The van der Waals surface area contributed by atoms with Crippen LogP contribution in [0.5, 0.6) is 0 Å². The lowest BCUT2D eigenvalue weighted by Crippen LogP contribution is -2.33. The number of nitrogens with two attached hydrogens (primary N) is 1. The Hall–Kier alpha value is -1.40. The van der Waals surface area contributed by atoms with E-state index >= 15 is 0 Å². The van der Waals surface area contributed by atoms with Crippen molar-refractivity contribution in [3.63, 3.8) is 0 Å². The molecule has 0 aromatic carbocycles. The van der Waals surface area contributed by atoms with Gasteiger partial charge in [-0.2, -0.15) is 5.10 Å². The quantitative estimate of drug-likeness (QED) is 0.795. The standard InChI is InChI=1S/C12H20N4O2/c1-15-8-10(7-14-15)12-9(6-13)5-11(17)16(12)3-4-18-2/h7-9,12H,3-6,13H2,1-2H3/t9-,12+/m1/s1. The Balaban J connectivity index is 2.22. The van der Waals surface area contributed by atoms with Gasteiger partial charge in [-0.1, -0.05) is 0 Å². The second-order valence-electron chi connectivity index (χ2n) is 4.67. The predicted molar refractivity (Wildman–Crippen MR) is 66.7 cm³/mol. The minimum Gasteiger partial charge on any atom is -0.383 e. The van der Waals surface area contributed by atoms with Crippen LogP contribution in [0.2, 0.25) is 0 Å². The molecule has 1 aliphatic heterocycles. The number of likely N-dealkylation sites (tertiary alicyclic amines) is 1. The monoisotopic (exact) mass is 252 g/mol. The fourth-order valence-corrected chi connectivity index (χ4v) is 2.57. The zero-order valence-corrected chi connectivity index (χ0v) is 10.9. The lowest BCUT2D eigenvalue weighted by atomic mass is 9.96. The molecule has 6 nitrogen and oxygen atoms in total. The van der Waals surface area contributed by atoms with Gasteiger partial charge in [0.15, 0.2) is 0 Å². The van der Waals surface area contributed by atoms with Crippen molar-refractivity contribution >= 4 is 5.91 Å². The van der Waals surface area contributed by atoms with Crippen LogP contribution in [0.15, 0.2) is 12.4 Å². The van der Waals surface area contributed by atoms with E-state index in [1.807, 2.05) is 24.3 Å². The molecule has 1 amide bonds. The molecule has 0 radical (unpaired) electrons. The van der Waals surface area contributed by atoms with Gasteiger partial charge in [0.2, 0.25) is 5.91 Å². The van der Waals surface area contributed by atoms with Crippen molar-refractivity contribution in [2.24, 2.45) is 18.7 Å². The van der Waals surface area contributed by atoms with Gasteiger partial charge in [-0.3, -0.25) is 9.48 Å². The second kappa shape index (κ2) is 5.49. The predicted octanol–water partition coefficient (Wildman–Crippen LogP) is -0.0852. The third kappa shape index (κ3) is 2.39. The van der Waals surface area contributed by atoms with Crippen molar-refractivity contribution in [2.75, 3.05) is 26.8 Å². The normalized spacial score (nSPS) is 23.9. The van der Waals surface area contributed by atoms with Gasteiger partial charge in [0.05, 0.1) is 18.8 Å². The maximum atomic E-state index is 12.0. The minimum absolute atomic E-state index is 0.0337. The van der Waals surface area contributed by atoms with Gasteiger partial charge in [0.1, 0.15) is 0 Å². The van der Waals surface area contributed by atoms with Crippen LogP contribution in [-0.2, 0) is 16.6 Å². The number of aromatic nitrogens is 2. The molecule has 0 saturated carbocycles. The Bertz CT molecular complexity index is 418. The number of nitrogens with zero attached hydrogens (tertiary/aromatic N) is 3. The molecule has 2 rings (SSSR count). The molecule has 1 fully saturated rings. The Labute approximate surface area is 107 Å². The summed E-state index contributed by atoms with van der Waals surface area (Å²) in [4.78, 5) is 13.9. The Kier molecular flexibility index (Phi) is 3.98. The number of methoxy groups -OCH3 is 1. The van der Waals surface area contributed by atoms with E-state index in [1.165, 1.54) is 0 Å². The van der Waals surface area contributed by atoms with Crippen LogP contribution in [0.25, 0.3) is 0 Å². The highest BCUT2D eigenvalue weighted by molar-refractivity contribution is 5.79. The van der Waals surface area contributed by atoms with Crippen LogP contribution < -0.4 is 5.73 Å². The van der Waals surface area contributed by atoms with Gasteiger partial charge in [-0.05, 0) is 6.54 Å². The fourth-order valence-electron chi connectivity index (χ4n) is 2.57. The average molecular weight is 252 g/mol. The molecule has 1 saturated heterocycles. The molecule has 0 aliphatic carbocycles. The van der Waals surface area contributed by atoms with E-state index in [4.69, 9.17) is 10.5 Å². The van der Waals surface area contributed by atoms with E-state index in [1.54, 1.807) is 11.8 Å².